The van der Waals surface area contributed by atoms with E-state index in [1.807, 2.05) is 35.9 Å². The first kappa shape index (κ1) is 12.6. The van der Waals surface area contributed by atoms with Gasteiger partial charge in [0.15, 0.2) is 11.4 Å². The predicted octanol–water partition coefficient (Wildman–Crippen LogP) is 3.75. The summed E-state index contributed by atoms with van der Waals surface area (Å²) in [6.45, 7) is 4.04. The van der Waals surface area contributed by atoms with Gasteiger partial charge >= 0.3 is 0 Å². The molecule has 4 rings (SSSR count). The number of carbonyl (C=O) groups is 1. The van der Waals surface area contributed by atoms with Crippen LogP contribution < -0.4 is 5.32 Å². The van der Waals surface area contributed by atoms with Crippen LogP contribution in [0.2, 0.25) is 0 Å². The van der Waals surface area contributed by atoms with E-state index in [1.54, 1.807) is 11.3 Å². The quantitative estimate of drug-likeness (QED) is 0.744. The smallest absolute Gasteiger partial charge is 0.167 e. The van der Waals surface area contributed by atoms with E-state index in [0.717, 1.165) is 28.3 Å². The second-order valence-electron chi connectivity index (χ2n) is 5.46. The van der Waals surface area contributed by atoms with Gasteiger partial charge in [0.1, 0.15) is 0 Å². The second-order valence-corrected chi connectivity index (χ2v) is 6.24. The molecule has 0 radical (unpaired) electrons. The fourth-order valence-electron chi connectivity index (χ4n) is 2.91. The zero-order valence-electron chi connectivity index (χ0n) is 11.9. The van der Waals surface area contributed by atoms with Crippen LogP contribution in [0.5, 0.6) is 0 Å². The lowest BCUT2D eigenvalue weighted by molar-refractivity contribution is 0.0972. The highest BCUT2D eigenvalue weighted by Crippen LogP contribution is 2.36. The summed E-state index contributed by atoms with van der Waals surface area (Å²) in [5, 5.41) is 7.65. The van der Waals surface area contributed by atoms with Gasteiger partial charge < -0.3 is 9.72 Å². The summed E-state index contributed by atoms with van der Waals surface area (Å²) in [5.41, 5.74) is 5.73. The first-order chi connectivity index (χ1) is 10.1. The lowest BCUT2D eigenvalue weighted by Gasteiger charge is -2.26. The molecule has 0 fully saturated rings. The predicted molar refractivity (Wildman–Crippen MR) is 84.3 cm³/mol. The van der Waals surface area contributed by atoms with E-state index >= 15 is 0 Å². The van der Waals surface area contributed by atoms with E-state index in [1.165, 1.54) is 5.56 Å². The molecule has 0 amide bonds. The molecule has 1 aliphatic heterocycles. The minimum absolute atomic E-state index is 0.0414. The molecule has 21 heavy (non-hydrogen) atoms. The van der Waals surface area contributed by atoms with Gasteiger partial charge in [0.25, 0.3) is 0 Å². The summed E-state index contributed by atoms with van der Waals surface area (Å²) in [7, 11) is 0. The fraction of sp³-hybridized carbons (Fsp3) is 0.250. The van der Waals surface area contributed by atoms with E-state index in [-0.39, 0.29) is 11.8 Å². The molecule has 1 unspecified atom stereocenters. The second kappa shape index (κ2) is 4.43. The number of nitrogens with zero attached hydrogens (tertiary/aromatic N) is 2. The number of pyridine rings is 1. The number of carbonyl (C=O) groups excluding carboxylic acids is 1. The van der Waals surface area contributed by atoms with Crippen LogP contribution in [0.15, 0.2) is 29.1 Å². The highest BCUT2D eigenvalue weighted by molar-refractivity contribution is 7.08. The summed E-state index contributed by atoms with van der Waals surface area (Å²) in [6, 6.07) is 4.01. The Balaban J connectivity index is 1.91. The van der Waals surface area contributed by atoms with E-state index in [0.29, 0.717) is 6.42 Å². The zero-order chi connectivity index (χ0) is 14.6. The van der Waals surface area contributed by atoms with Crippen molar-refractivity contribution in [3.63, 3.8) is 0 Å². The molecule has 0 bridgehead atoms. The number of aromatic nitrogens is 2. The molecular formula is C16H15N3OS. The molecule has 4 heterocycles. The van der Waals surface area contributed by atoms with E-state index < -0.39 is 0 Å². The molecule has 3 aromatic rings. The van der Waals surface area contributed by atoms with Crippen LogP contribution >= 0.6 is 11.3 Å². The van der Waals surface area contributed by atoms with Crippen molar-refractivity contribution in [1.82, 2.24) is 9.38 Å². The summed E-state index contributed by atoms with van der Waals surface area (Å²) < 4.78 is 2.05. The van der Waals surface area contributed by atoms with Crippen LogP contribution in [0.25, 0.3) is 5.65 Å². The van der Waals surface area contributed by atoms with Crippen molar-refractivity contribution in [3.05, 3.63) is 51.6 Å². The third-order valence-corrected chi connectivity index (χ3v) is 4.93. The maximum atomic E-state index is 12.5. The molecule has 0 saturated carbocycles. The van der Waals surface area contributed by atoms with Crippen molar-refractivity contribution in [1.29, 1.82) is 0 Å². The van der Waals surface area contributed by atoms with E-state index in [4.69, 9.17) is 0 Å². The fourth-order valence-corrected chi connectivity index (χ4v) is 3.62. The van der Waals surface area contributed by atoms with Gasteiger partial charge in [0.2, 0.25) is 0 Å². The minimum atomic E-state index is 0.0414. The number of hydrogen-bond donors (Lipinski definition) is 1. The normalized spacial score (nSPS) is 17.8. The van der Waals surface area contributed by atoms with Gasteiger partial charge in [-0.25, -0.2) is 4.98 Å². The average molecular weight is 297 g/mol. The molecule has 4 nitrogen and oxygen atoms in total. The Bertz CT molecular complexity index is 848. The molecule has 1 aliphatic rings. The molecule has 0 aliphatic carbocycles. The first-order valence-electron chi connectivity index (χ1n) is 6.95. The van der Waals surface area contributed by atoms with Crippen LogP contribution in [0.4, 0.5) is 5.69 Å². The van der Waals surface area contributed by atoms with Gasteiger partial charge in [-0.3, -0.25) is 4.79 Å². The third-order valence-electron chi connectivity index (χ3n) is 4.22. The van der Waals surface area contributed by atoms with Crippen LogP contribution in [0.3, 0.4) is 0 Å². The molecular weight excluding hydrogens is 282 g/mol. The van der Waals surface area contributed by atoms with Crippen LogP contribution in [0.1, 0.15) is 39.8 Å². The Morgan fingerprint density at radius 3 is 3.00 bits per heavy atom. The van der Waals surface area contributed by atoms with Gasteiger partial charge in [0, 0.05) is 23.9 Å². The molecule has 5 heteroatoms. The van der Waals surface area contributed by atoms with Crippen molar-refractivity contribution in [3.8, 4) is 0 Å². The lowest BCUT2D eigenvalue weighted by atomic mass is 9.94. The zero-order valence-corrected chi connectivity index (χ0v) is 12.7. The number of rotatable bonds is 1. The van der Waals surface area contributed by atoms with Crippen LogP contribution in [0, 0.1) is 13.8 Å². The molecule has 1 atom stereocenters. The number of nitrogens with one attached hydrogen (secondary N) is 1. The van der Waals surface area contributed by atoms with Crippen molar-refractivity contribution in [2.45, 2.75) is 26.3 Å². The number of aryl methyl sites for hydroxylation is 2. The van der Waals surface area contributed by atoms with Crippen molar-refractivity contribution < 1.29 is 4.79 Å². The van der Waals surface area contributed by atoms with Gasteiger partial charge in [0.05, 0.1) is 17.4 Å². The first-order valence-corrected chi connectivity index (χ1v) is 7.89. The highest BCUT2D eigenvalue weighted by atomic mass is 32.1. The number of anilines is 1. The van der Waals surface area contributed by atoms with Gasteiger partial charge in [-0.05, 0) is 42.3 Å². The molecule has 0 saturated heterocycles. The Kier molecular flexibility index (Phi) is 2.65. The Hall–Kier alpha value is -2.14. The minimum Gasteiger partial charge on any atom is -0.374 e. The molecule has 106 valence electrons. The topological polar surface area (TPSA) is 46.4 Å². The number of imidazole rings is 1. The maximum Gasteiger partial charge on any atom is 0.167 e. The van der Waals surface area contributed by atoms with Crippen molar-refractivity contribution >= 4 is 28.5 Å². The Morgan fingerprint density at radius 2 is 2.24 bits per heavy atom. The van der Waals surface area contributed by atoms with Crippen LogP contribution in [-0.4, -0.2) is 15.2 Å². The monoisotopic (exact) mass is 297 g/mol. The molecule has 3 aromatic heterocycles. The standard InChI is InChI=1S/C16H15N3OS/c1-9-10(2)19-5-3-12-14(20)7-13(11-4-6-21-8-11)18-15(12)16(19)17-9/h3-6,8,13,18H,7H2,1-2H3. The molecule has 1 N–H and O–H groups in total. The van der Waals surface area contributed by atoms with E-state index in [9.17, 15) is 4.79 Å². The van der Waals surface area contributed by atoms with Crippen LogP contribution in [-0.2, 0) is 0 Å². The molecule has 0 spiro atoms. The Labute approximate surface area is 126 Å². The number of ketones is 1. The summed E-state index contributed by atoms with van der Waals surface area (Å²) in [5.74, 6) is 0.181. The van der Waals surface area contributed by atoms with Gasteiger partial charge in [-0.15, -0.1) is 0 Å². The summed E-state index contributed by atoms with van der Waals surface area (Å²) in [4.78, 5) is 17.1. The average Bonchev–Trinajstić information content (AvgIpc) is 3.09. The summed E-state index contributed by atoms with van der Waals surface area (Å²) in [6.07, 6.45) is 2.44. The number of fused-ring (bicyclic) bond motifs is 3. The SMILES string of the molecule is Cc1nc2c3c(ccn2c1C)C(=O)CC(c1ccsc1)N3. The van der Waals surface area contributed by atoms with Crippen molar-refractivity contribution in [2.24, 2.45) is 0 Å². The Morgan fingerprint density at radius 1 is 1.38 bits per heavy atom. The largest absolute Gasteiger partial charge is 0.374 e. The highest BCUT2D eigenvalue weighted by Gasteiger charge is 2.28. The van der Waals surface area contributed by atoms with Gasteiger partial charge in [-0.2, -0.15) is 11.3 Å². The summed E-state index contributed by atoms with van der Waals surface area (Å²) >= 11 is 1.65. The maximum absolute atomic E-state index is 12.5. The van der Waals surface area contributed by atoms with E-state index in [2.05, 4.69) is 21.7 Å². The number of thiophene rings is 1. The van der Waals surface area contributed by atoms with Gasteiger partial charge in [-0.1, -0.05) is 0 Å². The number of Topliss-reactive ketones (excluding diaryl/α,β-unsaturated/α-hetero) is 1. The molecule has 0 aromatic carbocycles. The third kappa shape index (κ3) is 1.81. The lowest BCUT2D eigenvalue weighted by Crippen LogP contribution is -2.23. The van der Waals surface area contributed by atoms with Crippen molar-refractivity contribution in [2.75, 3.05) is 5.32 Å². The number of hydrogen-bond acceptors (Lipinski definition) is 4.